The number of esters is 1. The van der Waals surface area contributed by atoms with Gasteiger partial charge in [-0.15, -0.1) is 6.58 Å². The van der Waals surface area contributed by atoms with E-state index in [9.17, 15) is 4.79 Å². The van der Waals surface area contributed by atoms with Gasteiger partial charge in [0.2, 0.25) is 0 Å². The Hall–Kier alpha value is -1.71. The lowest BCUT2D eigenvalue weighted by Crippen LogP contribution is -2.12. The zero-order chi connectivity index (χ0) is 16.2. The minimum absolute atomic E-state index is 0.282. The fraction of sp³-hybridized carbons (Fsp3) is 0.632. The zero-order valence-corrected chi connectivity index (χ0v) is 13.7. The number of carbonyl (C=O) groups excluding carboxylic acids is 1. The van der Waals surface area contributed by atoms with Crippen molar-refractivity contribution in [2.45, 2.75) is 77.1 Å². The van der Waals surface area contributed by atoms with Gasteiger partial charge in [0.05, 0.1) is 12.2 Å². The van der Waals surface area contributed by atoms with E-state index in [4.69, 9.17) is 9.47 Å². The SMILES string of the molecule is C=CCCCCC[C@H]1O[C@@H]1CC#CC#C[C@H](CC)OC(C)=O. The van der Waals surface area contributed by atoms with Crippen LogP contribution in [0.4, 0.5) is 0 Å². The summed E-state index contributed by atoms with van der Waals surface area (Å²) >= 11 is 0. The van der Waals surface area contributed by atoms with Crippen molar-refractivity contribution in [2.24, 2.45) is 0 Å². The van der Waals surface area contributed by atoms with Crippen LogP contribution in [0.25, 0.3) is 0 Å². The van der Waals surface area contributed by atoms with Crippen LogP contribution in [0, 0.1) is 23.7 Å². The topological polar surface area (TPSA) is 38.8 Å². The van der Waals surface area contributed by atoms with E-state index in [2.05, 4.69) is 30.3 Å². The molecule has 1 aliphatic heterocycles. The smallest absolute Gasteiger partial charge is 0.303 e. The molecule has 0 aromatic carbocycles. The van der Waals surface area contributed by atoms with Crippen molar-refractivity contribution >= 4 is 5.97 Å². The summed E-state index contributed by atoms with van der Waals surface area (Å²) in [5.74, 6) is 11.1. The van der Waals surface area contributed by atoms with Gasteiger partial charge in [-0.05, 0) is 43.4 Å². The quantitative estimate of drug-likeness (QED) is 0.215. The number of epoxide rings is 1. The molecule has 0 saturated carbocycles. The second-order valence-electron chi connectivity index (χ2n) is 5.42. The molecule has 0 unspecified atom stereocenters. The molecule has 1 rings (SSSR count). The van der Waals surface area contributed by atoms with E-state index in [1.165, 1.54) is 26.2 Å². The molecule has 0 amide bonds. The number of carbonyl (C=O) groups is 1. The molecule has 0 aromatic heterocycles. The van der Waals surface area contributed by atoms with E-state index in [0.29, 0.717) is 12.5 Å². The van der Waals surface area contributed by atoms with Crippen LogP contribution in [0.3, 0.4) is 0 Å². The van der Waals surface area contributed by atoms with Gasteiger partial charge in [0.25, 0.3) is 0 Å². The molecular formula is C19H26O3. The van der Waals surface area contributed by atoms with Crippen LogP contribution in [0.15, 0.2) is 12.7 Å². The first-order chi connectivity index (χ1) is 10.7. The Morgan fingerprint density at radius 2 is 2.14 bits per heavy atom. The van der Waals surface area contributed by atoms with Crippen molar-refractivity contribution in [2.75, 3.05) is 0 Å². The molecule has 0 radical (unpaired) electrons. The second-order valence-corrected chi connectivity index (χ2v) is 5.42. The van der Waals surface area contributed by atoms with Gasteiger partial charge in [-0.25, -0.2) is 0 Å². The minimum Gasteiger partial charge on any atom is -0.449 e. The molecule has 22 heavy (non-hydrogen) atoms. The fourth-order valence-corrected chi connectivity index (χ4v) is 2.15. The predicted octanol–water partition coefficient (Wildman–Crippen LogP) is 3.63. The van der Waals surface area contributed by atoms with E-state index < -0.39 is 0 Å². The number of hydrogen-bond acceptors (Lipinski definition) is 3. The zero-order valence-electron chi connectivity index (χ0n) is 13.7. The monoisotopic (exact) mass is 302 g/mol. The van der Waals surface area contributed by atoms with Gasteiger partial charge < -0.3 is 9.47 Å². The summed E-state index contributed by atoms with van der Waals surface area (Å²) in [5.41, 5.74) is 0. The fourth-order valence-electron chi connectivity index (χ4n) is 2.15. The largest absolute Gasteiger partial charge is 0.449 e. The van der Waals surface area contributed by atoms with Crippen molar-refractivity contribution in [1.82, 2.24) is 0 Å². The van der Waals surface area contributed by atoms with Crippen LogP contribution in [-0.2, 0) is 14.3 Å². The van der Waals surface area contributed by atoms with Crippen molar-refractivity contribution in [3.8, 4) is 23.7 Å². The van der Waals surface area contributed by atoms with Crippen molar-refractivity contribution in [3.05, 3.63) is 12.7 Å². The first-order valence-corrected chi connectivity index (χ1v) is 8.09. The van der Waals surface area contributed by atoms with E-state index in [-0.39, 0.29) is 18.2 Å². The molecule has 0 N–H and O–H groups in total. The van der Waals surface area contributed by atoms with E-state index in [0.717, 1.165) is 19.3 Å². The highest BCUT2D eigenvalue weighted by molar-refractivity contribution is 5.66. The summed E-state index contributed by atoms with van der Waals surface area (Å²) in [5, 5.41) is 0. The number of hydrogen-bond donors (Lipinski definition) is 0. The summed E-state index contributed by atoms with van der Waals surface area (Å²) in [6.45, 7) is 7.03. The van der Waals surface area contributed by atoms with Crippen LogP contribution < -0.4 is 0 Å². The third-order valence-electron chi connectivity index (χ3n) is 3.45. The van der Waals surface area contributed by atoms with Gasteiger partial charge in [-0.3, -0.25) is 4.79 Å². The highest BCUT2D eigenvalue weighted by Gasteiger charge is 2.36. The highest BCUT2D eigenvalue weighted by atomic mass is 16.6. The van der Waals surface area contributed by atoms with Crippen LogP contribution in [0.2, 0.25) is 0 Å². The van der Waals surface area contributed by atoms with Gasteiger partial charge in [0.1, 0.15) is 0 Å². The third-order valence-corrected chi connectivity index (χ3v) is 3.45. The molecule has 3 heteroatoms. The Morgan fingerprint density at radius 1 is 1.32 bits per heavy atom. The van der Waals surface area contributed by atoms with Crippen LogP contribution in [0.1, 0.15) is 58.8 Å². The van der Waals surface area contributed by atoms with E-state index in [1.54, 1.807) is 0 Å². The van der Waals surface area contributed by atoms with Crippen molar-refractivity contribution < 1.29 is 14.3 Å². The van der Waals surface area contributed by atoms with Crippen LogP contribution >= 0.6 is 0 Å². The molecule has 0 spiro atoms. The summed E-state index contributed by atoms with van der Waals surface area (Å²) in [6.07, 6.45) is 9.59. The Balaban J connectivity index is 2.13. The van der Waals surface area contributed by atoms with Gasteiger partial charge in [-0.2, -0.15) is 0 Å². The van der Waals surface area contributed by atoms with Gasteiger partial charge in [-0.1, -0.05) is 31.8 Å². The van der Waals surface area contributed by atoms with Gasteiger partial charge in [0.15, 0.2) is 6.10 Å². The third kappa shape index (κ3) is 8.55. The van der Waals surface area contributed by atoms with Gasteiger partial charge in [0, 0.05) is 13.3 Å². The predicted molar refractivity (Wildman–Crippen MR) is 88.0 cm³/mol. The number of allylic oxidation sites excluding steroid dienone is 1. The van der Waals surface area contributed by atoms with E-state index in [1.807, 2.05) is 13.0 Å². The molecule has 120 valence electrons. The molecule has 1 aliphatic rings. The standard InChI is InChI=1S/C19H26O3/c1-4-6-7-8-11-14-18-19(22-18)15-12-9-10-13-17(5-2)21-16(3)20/h4,17-19H,1,5-8,11,14-15H2,2-3H3/t17-,18+,19+/m0/s1. The van der Waals surface area contributed by atoms with Crippen molar-refractivity contribution in [1.29, 1.82) is 0 Å². The number of unbranched alkanes of at least 4 members (excludes halogenated alkanes) is 3. The number of rotatable bonds is 9. The molecule has 1 heterocycles. The first-order valence-electron chi connectivity index (χ1n) is 8.09. The molecule has 3 atom stereocenters. The Kier molecular flexibility index (Phi) is 9.12. The molecule has 1 fully saturated rings. The van der Waals surface area contributed by atoms with Gasteiger partial charge >= 0.3 is 5.97 Å². The molecular weight excluding hydrogens is 276 g/mol. The molecule has 1 saturated heterocycles. The molecule has 0 bridgehead atoms. The molecule has 0 aromatic rings. The van der Waals surface area contributed by atoms with Crippen molar-refractivity contribution in [3.63, 3.8) is 0 Å². The normalized spacial score (nSPS) is 19.9. The Bertz CT molecular complexity index is 472. The maximum atomic E-state index is 10.8. The summed E-state index contributed by atoms with van der Waals surface area (Å²) in [4.78, 5) is 10.8. The Morgan fingerprint density at radius 3 is 2.82 bits per heavy atom. The van der Waals surface area contributed by atoms with Crippen LogP contribution in [-0.4, -0.2) is 24.3 Å². The van der Waals surface area contributed by atoms with E-state index >= 15 is 0 Å². The molecule has 3 nitrogen and oxygen atoms in total. The highest BCUT2D eigenvalue weighted by Crippen LogP contribution is 2.29. The summed E-state index contributed by atoms with van der Waals surface area (Å²) < 4.78 is 10.6. The Labute approximate surface area is 134 Å². The summed E-state index contributed by atoms with van der Waals surface area (Å²) in [7, 11) is 0. The maximum Gasteiger partial charge on any atom is 0.303 e. The minimum atomic E-state index is -0.354. The lowest BCUT2D eigenvalue weighted by molar-refractivity contribution is -0.143. The maximum absolute atomic E-state index is 10.8. The second kappa shape index (κ2) is 10.9. The molecule has 0 aliphatic carbocycles. The average Bonchev–Trinajstić information content (AvgIpc) is 3.23. The first kappa shape index (κ1) is 18.3. The lowest BCUT2D eigenvalue weighted by Gasteiger charge is -2.06. The number of ether oxygens (including phenoxy) is 2. The average molecular weight is 302 g/mol. The summed E-state index contributed by atoms with van der Waals surface area (Å²) in [6, 6.07) is 0. The lowest BCUT2D eigenvalue weighted by atomic mass is 10.1. The van der Waals surface area contributed by atoms with Crippen LogP contribution in [0.5, 0.6) is 0 Å².